The van der Waals surface area contributed by atoms with Crippen molar-refractivity contribution < 1.29 is 9.84 Å². The predicted molar refractivity (Wildman–Crippen MR) is 103 cm³/mol. The molecule has 25 heavy (non-hydrogen) atoms. The Morgan fingerprint density at radius 1 is 0.960 bits per heavy atom. The van der Waals surface area contributed by atoms with Crippen LogP contribution in [0.25, 0.3) is 0 Å². The van der Waals surface area contributed by atoms with E-state index in [0.29, 0.717) is 22.8 Å². The standard InChI is InChI=1S/C20H17Cl2NO2/c1-13-17(21)11-18(20(24)19(13)22)23-12-14-6-5-9-16(10-14)25-15-7-3-2-4-8-15/h2-11,23-24H,12H2,1H3. The topological polar surface area (TPSA) is 41.5 Å². The van der Waals surface area contributed by atoms with Crippen LogP contribution < -0.4 is 10.1 Å². The fourth-order valence-electron chi connectivity index (χ4n) is 2.38. The van der Waals surface area contributed by atoms with Gasteiger partial charge >= 0.3 is 0 Å². The summed E-state index contributed by atoms with van der Waals surface area (Å²) in [5.41, 5.74) is 2.15. The lowest BCUT2D eigenvalue weighted by atomic mass is 10.1. The first-order valence-electron chi connectivity index (χ1n) is 7.78. The first kappa shape index (κ1) is 17.5. The van der Waals surface area contributed by atoms with Crippen molar-refractivity contribution in [2.45, 2.75) is 13.5 Å². The molecule has 0 amide bonds. The van der Waals surface area contributed by atoms with Crippen LogP contribution in [0.1, 0.15) is 11.1 Å². The maximum absolute atomic E-state index is 10.2. The second-order valence-electron chi connectivity index (χ2n) is 5.61. The van der Waals surface area contributed by atoms with Gasteiger partial charge in [0.25, 0.3) is 0 Å². The van der Waals surface area contributed by atoms with Crippen LogP contribution in [-0.2, 0) is 6.54 Å². The SMILES string of the molecule is Cc1c(Cl)cc(NCc2cccc(Oc3ccccc3)c2)c(O)c1Cl. The van der Waals surface area contributed by atoms with Crippen LogP contribution in [0.5, 0.6) is 17.2 Å². The molecular weight excluding hydrogens is 357 g/mol. The molecule has 3 aromatic carbocycles. The Balaban J connectivity index is 1.73. The van der Waals surface area contributed by atoms with Crippen LogP contribution in [-0.4, -0.2) is 5.11 Å². The molecule has 0 bridgehead atoms. The zero-order valence-electron chi connectivity index (χ0n) is 13.6. The summed E-state index contributed by atoms with van der Waals surface area (Å²) in [6.45, 7) is 2.26. The van der Waals surface area contributed by atoms with Gasteiger partial charge in [-0.05, 0) is 48.4 Å². The number of anilines is 1. The molecule has 5 heteroatoms. The summed E-state index contributed by atoms with van der Waals surface area (Å²) in [4.78, 5) is 0. The molecule has 0 spiro atoms. The van der Waals surface area contributed by atoms with Crippen LogP contribution in [0.2, 0.25) is 10.0 Å². The Morgan fingerprint density at radius 2 is 1.68 bits per heavy atom. The zero-order chi connectivity index (χ0) is 17.8. The molecule has 0 aliphatic carbocycles. The zero-order valence-corrected chi connectivity index (χ0v) is 15.1. The van der Waals surface area contributed by atoms with Crippen molar-refractivity contribution in [2.75, 3.05) is 5.32 Å². The van der Waals surface area contributed by atoms with E-state index in [4.69, 9.17) is 27.9 Å². The number of benzene rings is 3. The molecule has 0 radical (unpaired) electrons. The van der Waals surface area contributed by atoms with Gasteiger partial charge in [-0.2, -0.15) is 0 Å². The van der Waals surface area contributed by atoms with Crippen molar-refractivity contribution in [3.05, 3.63) is 81.8 Å². The second-order valence-corrected chi connectivity index (χ2v) is 6.39. The van der Waals surface area contributed by atoms with Gasteiger partial charge in [0.1, 0.15) is 11.5 Å². The lowest BCUT2D eigenvalue weighted by Crippen LogP contribution is -2.00. The van der Waals surface area contributed by atoms with Crippen molar-refractivity contribution >= 4 is 28.9 Å². The first-order valence-corrected chi connectivity index (χ1v) is 8.53. The normalized spacial score (nSPS) is 10.5. The summed E-state index contributed by atoms with van der Waals surface area (Å²) in [5.74, 6) is 1.53. The Hall–Kier alpha value is -2.36. The lowest BCUT2D eigenvalue weighted by Gasteiger charge is -2.13. The molecule has 0 saturated heterocycles. The highest BCUT2D eigenvalue weighted by Crippen LogP contribution is 2.39. The van der Waals surface area contributed by atoms with E-state index in [9.17, 15) is 5.11 Å². The molecule has 3 aromatic rings. The van der Waals surface area contributed by atoms with Crippen molar-refractivity contribution in [1.82, 2.24) is 0 Å². The first-order chi connectivity index (χ1) is 12.0. The fraction of sp³-hybridized carbons (Fsp3) is 0.100. The molecule has 0 fully saturated rings. The van der Waals surface area contributed by atoms with Gasteiger partial charge in [0.15, 0.2) is 5.75 Å². The van der Waals surface area contributed by atoms with Gasteiger partial charge in [0.2, 0.25) is 0 Å². The summed E-state index contributed by atoms with van der Waals surface area (Å²) in [5, 5.41) is 14.1. The summed E-state index contributed by atoms with van der Waals surface area (Å²) >= 11 is 12.2. The average Bonchev–Trinajstić information content (AvgIpc) is 2.63. The summed E-state index contributed by atoms with van der Waals surface area (Å²) < 4.78 is 5.83. The largest absolute Gasteiger partial charge is 0.504 e. The number of hydrogen-bond donors (Lipinski definition) is 2. The number of phenols is 1. The van der Waals surface area contributed by atoms with E-state index in [0.717, 1.165) is 17.1 Å². The lowest BCUT2D eigenvalue weighted by molar-refractivity contribution is 0.477. The molecule has 3 rings (SSSR count). The van der Waals surface area contributed by atoms with Crippen molar-refractivity contribution in [2.24, 2.45) is 0 Å². The Labute approximate surface area is 156 Å². The molecule has 0 aliphatic rings. The summed E-state index contributed by atoms with van der Waals surface area (Å²) in [7, 11) is 0. The third-order valence-electron chi connectivity index (χ3n) is 3.78. The van der Waals surface area contributed by atoms with E-state index in [2.05, 4.69) is 5.32 Å². The van der Waals surface area contributed by atoms with E-state index in [1.807, 2.05) is 54.6 Å². The highest BCUT2D eigenvalue weighted by Gasteiger charge is 2.12. The molecule has 0 aliphatic heterocycles. The van der Waals surface area contributed by atoms with Crippen LogP contribution in [0.3, 0.4) is 0 Å². The van der Waals surface area contributed by atoms with E-state index < -0.39 is 0 Å². The van der Waals surface area contributed by atoms with E-state index in [1.54, 1.807) is 13.0 Å². The second kappa shape index (κ2) is 7.68. The highest BCUT2D eigenvalue weighted by molar-refractivity contribution is 6.37. The van der Waals surface area contributed by atoms with Crippen LogP contribution in [0.4, 0.5) is 5.69 Å². The number of aromatic hydroxyl groups is 1. The van der Waals surface area contributed by atoms with Crippen molar-refractivity contribution in [3.63, 3.8) is 0 Å². The van der Waals surface area contributed by atoms with Gasteiger partial charge in [-0.1, -0.05) is 53.5 Å². The maximum atomic E-state index is 10.2. The number of nitrogens with one attached hydrogen (secondary N) is 1. The van der Waals surface area contributed by atoms with Crippen molar-refractivity contribution in [1.29, 1.82) is 0 Å². The van der Waals surface area contributed by atoms with Crippen LogP contribution in [0, 0.1) is 6.92 Å². The van der Waals surface area contributed by atoms with Gasteiger partial charge in [-0.25, -0.2) is 0 Å². The van der Waals surface area contributed by atoms with Gasteiger partial charge in [-0.3, -0.25) is 0 Å². The molecule has 0 atom stereocenters. The number of para-hydroxylation sites is 1. The minimum absolute atomic E-state index is 0.000238. The molecule has 128 valence electrons. The van der Waals surface area contributed by atoms with Gasteiger partial charge in [0, 0.05) is 11.6 Å². The number of rotatable bonds is 5. The quantitative estimate of drug-likeness (QED) is 0.507. The molecule has 2 N–H and O–H groups in total. The summed E-state index contributed by atoms with van der Waals surface area (Å²) in [6.07, 6.45) is 0. The van der Waals surface area contributed by atoms with E-state index in [-0.39, 0.29) is 10.8 Å². The third-order valence-corrected chi connectivity index (χ3v) is 4.64. The highest BCUT2D eigenvalue weighted by atomic mass is 35.5. The number of ether oxygens (including phenoxy) is 1. The molecule has 0 heterocycles. The van der Waals surface area contributed by atoms with Gasteiger partial charge in [0.05, 0.1) is 10.7 Å². The number of phenolic OH excluding ortho intramolecular Hbond substituents is 1. The Morgan fingerprint density at radius 3 is 2.44 bits per heavy atom. The number of halogens is 2. The fourth-order valence-corrected chi connectivity index (χ4v) is 2.84. The van der Waals surface area contributed by atoms with Crippen LogP contribution >= 0.6 is 23.2 Å². The van der Waals surface area contributed by atoms with E-state index >= 15 is 0 Å². The minimum atomic E-state index is 0.000238. The monoisotopic (exact) mass is 373 g/mol. The smallest absolute Gasteiger partial charge is 0.157 e. The number of hydrogen-bond acceptors (Lipinski definition) is 3. The van der Waals surface area contributed by atoms with Crippen LogP contribution in [0.15, 0.2) is 60.7 Å². The average molecular weight is 374 g/mol. The third kappa shape index (κ3) is 4.19. The van der Waals surface area contributed by atoms with E-state index in [1.165, 1.54) is 0 Å². The summed E-state index contributed by atoms with van der Waals surface area (Å²) in [6, 6.07) is 19.0. The van der Waals surface area contributed by atoms with Gasteiger partial charge < -0.3 is 15.2 Å². The minimum Gasteiger partial charge on any atom is -0.504 e. The molecular formula is C20H17Cl2NO2. The predicted octanol–water partition coefficient (Wildman–Crippen LogP) is 6.41. The maximum Gasteiger partial charge on any atom is 0.157 e. The Kier molecular flexibility index (Phi) is 5.37. The van der Waals surface area contributed by atoms with Crippen molar-refractivity contribution in [3.8, 4) is 17.2 Å². The molecule has 0 unspecified atom stereocenters. The molecule has 3 nitrogen and oxygen atoms in total. The molecule has 0 aromatic heterocycles. The molecule has 0 saturated carbocycles. The Bertz CT molecular complexity index is 882. The van der Waals surface area contributed by atoms with Gasteiger partial charge in [-0.15, -0.1) is 0 Å².